The van der Waals surface area contributed by atoms with E-state index in [1.165, 1.54) is 7.11 Å². The molecule has 0 bridgehead atoms. The van der Waals surface area contributed by atoms with Gasteiger partial charge in [0.25, 0.3) is 0 Å². The number of aliphatic imine (C=N–C) groups is 2. The van der Waals surface area contributed by atoms with Crippen LogP contribution >= 0.6 is 11.6 Å². The van der Waals surface area contributed by atoms with Crippen molar-refractivity contribution in [3.05, 3.63) is 58.9 Å². The number of carbonyl (C=O) groups is 1. The van der Waals surface area contributed by atoms with Crippen LogP contribution in [0.3, 0.4) is 0 Å². The Morgan fingerprint density at radius 3 is 2.84 bits per heavy atom. The van der Waals surface area contributed by atoms with Crippen LogP contribution in [-0.4, -0.2) is 52.9 Å². The molecule has 2 unspecified atom stereocenters. The van der Waals surface area contributed by atoms with E-state index in [0.717, 1.165) is 24.1 Å². The number of aromatic nitrogens is 1. The Hall–Kier alpha value is -2.77. The summed E-state index contributed by atoms with van der Waals surface area (Å²) in [4.78, 5) is 26.2. The lowest BCUT2D eigenvalue weighted by molar-refractivity contribution is -0.140. The van der Waals surface area contributed by atoms with E-state index >= 15 is 0 Å². The molecule has 3 atom stereocenters. The van der Waals surface area contributed by atoms with Gasteiger partial charge in [0.1, 0.15) is 11.9 Å². The summed E-state index contributed by atoms with van der Waals surface area (Å²) >= 11 is 6.32. The monoisotopic (exact) mass is 454 g/mol. The molecule has 1 aromatic heterocycles. The molecule has 1 aliphatic carbocycles. The van der Waals surface area contributed by atoms with Crippen molar-refractivity contribution in [2.24, 2.45) is 15.9 Å². The summed E-state index contributed by atoms with van der Waals surface area (Å²) in [5.74, 6) is 0.595. The minimum absolute atomic E-state index is 0.192. The van der Waals surface area contributed by atoms with Crippen molar-refractivity contribution in [2.45, 2.75) is 50.8 Å². The van der Waals surface area contributed by atoms with Crippen LogP contribution in [0.1, 0.15) is 43.9 Å². The molecule has 1 saturated carbocycles. The molecule has 1 aliphatic heterocycles. The Balaban J connectivity index is 1.79. The minimum atomic E-state index is -0.502. The third kappa shape index (κ3) is 5.16. The van der Waals surface area contributed by atoms with E-state index in [4.69, 9.17) is 26.3 Å². The predicted octanol–water partition coefficient (Wildman–Crippen LogP) is 3.88. The lowest BCUT2D eigenvalue weighted by Gasteiger charge is -2.20. The van der Waals surface area contributed by atoms with E-state index < -0.39 is 12.1 Å². The molecule has 0 radical (unpaired) electrons. The molecule has 4 rings (SSSR count). The van der Waals surface area contributed by atoms with Crippen molar-refractivity contribution in [2.75, 3.05) is 12.4 Å². The van der Waals surface area contributed by atoms with Crippen LogP contribution in [0, 0.1) is 5.92 Å². The number of rotatable bonds is 7. The van der Waals surface area contributed by atoms with Crippen molar-refractivity contribution < 1.29 is 14.6 Å². The van der Waals surface area contributed by atoms with Gasteiger partial charge in [0.15, 0.2) is 0 Å². The quantitative estimate of drug-likeness (QED) is 0.619. The topological polar surface area (TPSA) is 96.2 Å². The second kappa shape index (κ2) is 9.79. The first-order valence-corrected chi connectivity index (χ1v) is 11.2. The van der Waals surface area contributed by atoms with Crippen LogP contribution < -0.4 is 5.32 Å². The summed E-state index contributed by atoms with van der Waals surface area (Å²) in [6.07, 6.45) is 3.86. The molecular formula is C24H27ClN4O3. The maximum atomic E-state index is 11.9. The molecule has 0 amide bonds. The highest BCUT2D eigenvalue weighted by Gasteiger charge is 2.34. The van der Waals surface area contributed by atoms with Gasteiger partial charge in [-0.3, -0.25) is 19.8 Å². The van der Waals surface area contributed by atoms with Gasteiger partial charge < -0.3 is 15.2 Å². The number of nitrogens with one attached hydrogen (secondary N) is 1. The van der Waals surface area contributed by atoms with Crippen LogP contribution in [0.15, 0.2) is 52.6 Å². The van der Waals surface area contributed by atoms with Gasteiger partial charge in [-0.05, 0) is 62.4 Å². The molecule has 2 heterocycles. The molecular weight excluding hydrogens is 428 g/mol. The molecule has 1 aromatic carbocycles. The zero-order valence-electron chi connectivity index (χ0n) is 18.2. The number of aliphatic hydroxyl groups is 1. The van der Waals surface area contributed by atoms with E-state index in [1.807, 2.05) is 37.3 Å². The first-order chi connectivity index (χ1) is 15.5. The molecule has 32 heavy (non-hydrogen) atoms. The van der Waals surface area contributed by atoms with E-state index in [2.05, 4.69) is 10.3 Å². The number of esters is 1. The van der Waals surface area contributed by atoms with Gasteiger partial charge in [0.2, 0.25) is 0 Å². The van der Waals surface area contributed by atoms with Crippen LogP contribution in [0.2, 0.25) is 5.02 Å². The number of aliphatic hydroxyl groups excluding tert-OH is 1. The Bertz CT molecular complexity index is 1040. The van der Waals surface area contributed by atoms with E-state index in [9.17, 15) is 9.90 Å². The number of fused-ring (bicyclic) bond motifs is 1. The molecule has 2 aliphatic rings. The summed E-state index contributed by atoms with van der Waals surface area (Å²) in [6, 6.07) is 10.4. The molecule has 1 fully saturated rings. The Kier molecular flexibility index (Phi) is 6.86. The van der Waals surface area contributed by atoms with Gasteiger partial charge in [-0.25, -0.2) is 0 Å². The van der Waals surface area contributed by atoms with Gasteiger partial charge in [-0.15, -0.1) is 0 Å². The van der Waals surface area contributed by atoms with E-state index in [-0.39, 0.29) is 18.4 Å². The summed E-state index contributed by atoms with van der Waals surface area (Å²) in [7, 11) is 1.37. The Morgan fingerprint density at radius 1 is 1.34 bits per heavy atom. The van der Waals surface area contributed by atoms with Crippen molar-refractivity contribution in [3.63, 3.8) is 0 Å². The molecule has 0 saturated heterocycles. The van der Waals surface area contributed by atoms with Crippen LogP contribution in [-0.2, 0) is 9.53 Å². The maximum Gasteiger partial charge on any atom is 0.305 e. The number of amidine groups is 1. The van der Waals surface area contributed by atoms with Crippen molar-refractivity contribution in [1.82, 2.24) is 4.98 Å². The minimum Gasteiger partial charge on any atom is -0.469 e. The second-order valence-electron chi connectivity index (χ2n) is 8.22. The number of nitrogens with zero attached hydrogens (tertiary/aromatic N) is 3. The lowest BCUT2D eigenvalue weighted by Crippen LogP contribution is -2.32. The molecule has 2 N–H and O–H groups in total. The standard InChI is InChI=1S/C24H27ClN4O3/c1-14(23(31)15-6-7-15)27-24-20(10-11-21(30)32-2)28-22(19-5-3-4-12-26-19)17-13-16(25)8-9-18(17)29-24/h3-5,8-9,12-15,20,23,31H,6-7,10-11H2,1-2H3,(H,27,29)/t14?,20-,23?/m0/s1. The fourth-order valence-corrected chi connectivity index (χ4v) is 4.01. The van der Waals surface area contributed by atoms with Crippen LogP contribution in [0.4, 0.5) is 5.69 Å². The number of anilines is 1. The molecule has 2 aromatic rings. The van der Waals surface area contributed by atoms with E-state index in [0.29, 0.717) is 34.6 Å². The number of hydrogen-bond donors (Lipinski definition) is 2. The number of ether oxygens (including phenoxy) is 1. The zero-order valence-corrected chi connectivity index (χ0v) is 18.9. The normalized spacial score (nSPS) is 21.1. The largest absolute Gasteiger partial charge is 0.469 e. The van der Waals surface area contributed by atoms with Gasteiger partial charge in [0, 0.05) is 28.9 Å². The fourth-order valence-electron chi connectivity index (χ4n) is 3.84. The third-order valence-electron chi connectivity index (χ3n) is 5.80. The number of hydrogen-bond acceptors (Lipinski definition) is 6. The summed E-state index contributed by atoms with van der Waals surface area (Å²) in [6.45, 7) is 1.91. The first kappa shape index (κ1) is 22.4. The van der Waals surface area contributed by atoms with Gasteiger partial charge >= 0.3 is 5.97 Å². The highest BCUT2D eigenvalue weighted by molar-refractivity contribution is 6.32. The van der Waals surface area contributed by atoms with Gasteiger partial charge in [-0.1, -0.05) is 17.7 Å². The SMILES string of the molecule is COC(=O)CC[C@@H]1N=C(c2ccccn2)c2cc(Cl)ccc2NC1=NC(C)C(O)C1CC1. The predicted molar refractivity (Wildman–Crippen MR) is 126 cm³/mol. The number of pyridine rings is 1. The van der Waals surface area contributed by atoms with Crippen molar-refractivity contribution in [3.8, 4) is 0 Å². The van der Waals surface area contributed by atoms with Crippen molar-refractivity contribution >= 4 is 34.8 Å². The molecule has 0 spiro atoms. The number of methoxy groups -OCH3 is 1. The van der Waals surface area contributed by atoms with E-state index in [1.54, 1.807) is 12.3 Å². The second-order valence-corrected chi connectivity index (χ2v) is 8.66. The molecule has 8 heteroatoms. The van der Waals surface area contributed by atoms with Gasteiger partial charge in [-0.2, -0.15) is 0 Å². The smallest absolute Gasteiger partial charge is 0.305 e. The number of benzene rings is 1. The molecule has 168 valence electrons. The summed E-state index contributed by atoms with van der Waals surface area (Å²) in [5.41, 5.74) is 2.98. The zero-order chi connectivity index (χ0) is 22.7. The Morgan fingerprint density at radius 2 is 2.16 bits per heavy atom. The van der Waals surface area contributed by atoms with Crippen molar-refractivity contribution in [1.29, 1.82) is 0 Å². The van der Waals surface area contributed by atoms with Crippen LogP contribution in [0.25, 0.3) is 0 Å². The average molecular weight is 455 g/mol. The average Bonchev–Trinajstić information content (AvgIpc) is 3.65. The number of carbonyl (C=O) groups excluding carboxylic acids is 1. The highest BCUT2D eigenvalue weighted by atomic mass is 35.5. The maximum absolute atomic E-state index is 11.9. The lowest BCUT2D eigenvalue weighted by atomic mass is 10.0. The number of benzodiazepines with no additional fused rings is 1. The molecule has 7 nitrogen and oxygen atoms in total. The van der Waals surface area contributed by atoms with Gasteiger partial charge in [0.05, 0.1) is 30.7 Å². The summed E-state index contributed by atoms with van der Waals surface area (Å²) in [5, 5.41) is 14.6. The fraction of sp³-hybridized carbons (Fsp3) is 0.417. The highest BCUT2D eigenvalue weighted by Crippen LogP contribution is 2.35. The third-order valence-corrected chi connectivity index (χ3v) is 6.03. The number of halogens is 1. The first-order valence-electron chi connectivity index (χ1n) is 10.8. The Labute approximate surface area is 192 Å². The van der Waals surface area contributed by atoms with Crippen LogP contribution in [0.5, 0.6) is 0 Å². The summed E-state index contributed by atoms with van der Waals surface area (Å²) < 4.78 is 4.84.